The summed E-state index contributed by atoms with van der Waals surface area (Å²) in [5, 5.41) is 3.37. The first-order valence-corrected chi connectivity index (χ1v) is 5.10. The second-order valence-corrected chi connectivity index (χ2v) is 3.80. The molecule has 0 saturated heterocycles. The van der Waals surface area contributed by atoms with Crippen LogP contribution in [0.15, 0.2) is 12.3 Å². The van der Waals surface area contributed by atoms with E-state index in [1.807, 2.05) is 0 Å². The van der Waals surface area contributed by atoms with Crippen molar-refractivity contribution in [2.45, 2.75) is 38.1 Å². The first-order chi connectivity index (χ1) is 5.97. The fraction of sp³-hybridized carbons (Fsp3) is 0.800. The summed E-state index contributed by atoms with van der Waals surface area (Å²) in [7, 11) is 0. The molecule has 0 radical (unpaired) electrons. The minimum absolute atomic E-state index is 0.822. The molecule has 12 heavy (non-hydrogen) atoms. The third-order valence-electron chi connectivity index (χ3n) is 2.90. The fourth-order valence-corrected chi connectivity index (χ4v) is 2.18. The summed E-state index contributed by atoms with van der Waals surface area (Å²) in [4.78, 5) is 2.46. The zero-order valence-corrected chi connectivity index (χ0v) is 7.63. The Bertz CT molecular complexity index is 159. The summed E-state index contributed by atoms with van der Waals surface area (Å²) in [6, 6.07) is 0.822. The van der Waals surface area contributed by atoms with Gasteiger partial charge in [0.25, 0.3) is 0 Å². The maximum Gasteiger partial charge on any atom is 0.0681 e. The first kappa shape index (κ1) is 8.11. The van der Waals surface area contributed by atoms with Crippen molar-refractivity contribution < 1.29 is 0 Å². The van der Waals surface area contributed by atoms with Crippen molar-refractivity contribution in [2.24, 2.45) is 0 Å². The monoisotopic (exact) mass is 166 g/mol. The van der Waals surface area contributed by atoms with E-state index in [1.54, 1.807) is 0 Å². The SMILES string of the molecule is C1=CN(C2CCCCC2)CNC1. The van der Waals surface area contributed by atoms with Crippen molar-refractivity contribution in [2.75, 3.05) is 13.2 Å². The molecule has 68 valence electrons. The number of nitrogens with zero attached hydrogens (tertiary/aromatic N) is 1. The average Bonchev–Trinajstić information content (AvgIpc) is 2.21. The normalized spacial score (nSPS) is 26.2. The Balaban J connectivity index is 1.88. The van der Waals surface area contributed by atoms with Gasteiger partial charge in [-0.25, -0.2) is 0 Å². The lowest BCUT2D eigenvalue weighted by Crippen LogP contribution is -2.41. The summed E-state index contributed by atoms with van der Waals surface area (Å²) in [6.07, 6.45) is 11.6. The van der Waals surface area contributed by atoms with Crippen LogP contribution >= 0.6 is 0 Å². The molecular formula is C10H18N2. The summed E-state index contributed by atoms with van der Waals surface area (Å²) in [6.45, 7) is 2.10. The Morgan fingerprint density at radius 2 is 2.00 bits per heavy atom. The molecule has 0 aromatic rings. The topological polar surface area (TPSA) is 15.3 Å². The van der Waals surface area contributed by atoms with E-state index in [2.05, 4.69) is 22.5 Å². The van der Waals surface area contributed by atoms with Gasteiger partial charge in [0.2, 0.25) is 0 Å². The van der Waals surface area contributed by atoms with Gasteiger partial charge in [0.05, 0.1) is 6.67 Å². The van der Waals surface area contributed by atoms with Crippen LogP contribution in [0.3, 0.4) is 0 Å². The second kappa shape index (κ2) is 3.94. The van der Waals surface area contributed by atoms with Crippen molar-refractivity contribution in [3.63, 3.8) is 0 Å². The molecule has 0 spiro atoms. The zero-order valence-electron chi connectivity index (χ0n) is 7.63. The van der Waals surface area contributed by atoms with Crippen molar-refractivity contribution in [3.05, 3.63) is 12.3 Å². The van der Waals surface area contributed by atoms with Crippen LogP contribution < -0.4 is 5.32 Å². The maximum absolute atomic E-state index is 3.37. The lowest BCUT2D eigenvalue weighted by molar-refractivity contribution is 0.199. The van der Waals surface area contributed by atoms with Crippen molar-refractivity contribution in [1.29, 1.82) is 0 Å². The molecule has 2 nitrogen and oxygen atoms in total. The zero-order chi connectivity index (χ0) is 8.23. The van der Waals surface area contributed by atoms with Crippen LogP contribution in [0.5, 0.6) is 0 Å². The summed E-state index contributed by atoms with van der Waals surface area (Å²) >= 11 is 0. The maximum atomic E-state index is 3.37. The van der Waals surface area contributed by atoms with Crippen LogP contribution in [0.4, 0.5) is 0 Å². The Labute approximate surface area is 74.6 Å². The van der Waals surface area contributed by atoms with Crippen molar-refractivity contribution in [3.8, 4) is 0 Å². The predicted octanol–water partition coefficient (Wildman–Crippen LogP) is 1.70. The molecule has 1 saturated carbocycles. The Morgan fingerprint density at radius 1 is 1.17 bits per heavy atom. The number of hydrogen-bond acceptors (Lipinski definition) is 2. The highest BCUT2D eigenvalue weighted by molar-refractivity contribution is 4.92. The van der Waals surface area contributed by atoms with Crippen molar-refractivity contribution >= 4 is 0 Å². The van der Waals surface area contributed by atoms with Gasteiger partial charge in [-0.15, -0.1) is 0 Å². The van der Waals surface area contributed by atoms with Gasteiger partial charge >= 0.3 is 0 Å². The number of rotatable bonds is 1. The van der Waals surface area contributed by atoms with Crippen molar-refractivity contribution in [1.82, 2.24) is 10.2 Å². The Morgan fingerprint density at radius 3 is 2.67 bits per heavy atom. The minimum Gasteiger partial charge on any atom is -0.362 e. The lowest BCUT2D eigenvalue weighted by atomic mass is 9.94. The van der Waals surface area contributed by atoms with E-state index in [9.17, 15) is 0 Å². The van der Waals surface area contributed by atoms with Crippen LogP contribution in [0.2, 0.25) is 0 Å². The molecule has 0 bridgehead atoms. The molecular weight excluding hydrogens is 148 g/mol. The van der Waals surface area contributed by atoms with E-state index in [-0.39, 0.29) is 0 Å². The van der Waals surface area contributed by atoms with Gasteiger partial charge in [-0.1, -0.05) is 25.3 Å². The predicted molar refractivity (Wildman–Crippen MR) is 50.7 cm³/mol. The Hall–Kier alpha value is -0.500. The molecule has 0 unspecified atom stereocenters. The number of nitrogens with one attached hydrogen (secondary N) is 1. The largest absolute Gasteiger partial charge is 0.362 e. The van der Waals surface area contributed by atoms with Gasteiger partial charge in [-0.2, -0.15) is 0 Å². The van der Waals surface area contributed by atoms with Crippen LogP contribution in [-0.4, -0.2) is 24.2 Å². The average molecular weight is 166 g/mol. The smallest absolute Gasteiger partial charge is 0.0681 e. The van der Waals surface area contributed by atoms with E-state index in [4.69, 9.17) is 0 Å². The molecule has 0 aromatic heterocycles. The Kier molecular flexibility index (Phi) is 2.67. The molecule has 0 amide bonds. The summed E-state index contributed by atoms with van der Waals surface area (Å²) in [5.74, 6) is 0. The fourth-order valence-electron chi connectivity index (χ4n) is 2.18. The van der Waals surface area contributed by atoms with E-state index >= 15 is 0 Å². The van der Waals surface area contributed by atoms with E-state index in [0.29, 0.717) is 0 Å². The second-order valence-electron chi connectivity index (χ2n) is 3.80. The molecule has 0 atom stereocenters. The molecule has 1 aliphatic carbocycles. The molecule has 1 heterocycles. The van der Waals surface area contributed by atoms with Crippen LogP contribution in [-0.2, 0) is 0 Å². The van der Waals surface area contributed by atoms with Gasteiger partial charge in [0.15, 0.2) is 0 Å². The van der Waals surface area contributed by atoms with Gasteiger partial charge in [-0.3, -0.25) is 5.32 Å². The molecule has 1 N–H and O–H groups in total. The minimum atomic E-state index is 0.822. The van der Waals surface area contributed by atoms with Crippen LogP contribution in [0.25, 0.3) is 0 Å². The highest BCUT2D eigenvalue weighted by Gasteiger charge is 2.18. The third-order valence-corrected chi connectivity index (χ3v) is 2.90. The first-order valence-electron chi connectivity index (χ1n) is 5.10. The van der Waals surface area contributed by atoms with Gasteiger partial charge < -0.3 is 4.90 Å². The molecule has 0 aromatic carbocycles. The quantitative estimate of drug-likeness (QED) is 0.638. The van der Waals surface area contributed by atoms with E-state index in [1.165, 1.54) is 32.1 Å². The molecule has 2 rings (SSSR count). The summed E-state index contributed by atoms with van der Waals surface area (Å²) < 4.78 is 0. The molecule has 2 heteroatoms. The van der Waals surface area contributed by atoms with Gasteiger partial charge in [0, 0.05) is 12.6 Å². The third kappa shape index (κ3) is 1.81. The van der Waals surface area contributed by atoms with E-state index < -0.39 is 0 Å². The van der Waals surface area contributed by atoms with Crippen LogP contribution in [0.1, 0.15) is 32.1 Å². The lowest BCUT2D eigenvalue weighted by Gasteiger charge is -2.35. The molecule has 2 aliphatic rings. The van der Waals surface area contributed by atoms with Gasteiger partial charge in [0.1, 0.15) is 0 Å². The highest BCUT2D eigenvalue weighted by Crippen LogP contribution is 2.22. The standard InChI is InChI=1S/C10H18N2/c1-2-5-10(6-3-1)12-8-4-7-11-9-12/h4,8,10-11H,1-3,5-7,9H2. The van der Waals surface area contributed by atoms with E-state index in [0.717, 1.165) is 19.3 Å². The highest BCUT2D eigenvalue weighted by atomic mass is 15.2. The molecule has 1 fully saturated rings. The molecule has 1 aliphatic heterocycles. The number of hydrogen-bond donors (Lipinski definition) is 1. The van der Waals surface area contributed by atoms with Crippen LogP contribution in [0, 0.1) is 0 Å². The van der Waals surface area contributed by atoms with Gasteiger partial charge in [-0.05, 0) is 19.0 Å². The summed E-state index contributed by atoms with van der Waals surface area (Å²) in [5.41, 5.74) is 0.